The molecule has 0 heterocycles. The van der Waals surface area contributed by atoms with Crippen LogP contribution in [0, 0.1) is 0 Å². The second kappa shape index (κ2) is 12.7. The van der Waals surface area contributed by atoms with Crippen LogP contribution in [0.15, 0.2) is 164 Å². The van der Waals surface area contributed by atoms with Crippen LogP contribution in [-0.2, 0) is 16.2 Å². The molecule has 7 aromatic carbocycles. The predicted octanol–water partition coefficient (Wildman–Crippen LogP) is 15.6. The predicted molar refractivity (Wildman–Crippen MR) is 241 cm³/mol. The number of alkyl halides is 3. The van der Waals surface area contributed by atoms with Crippen molar-refractivity contribution in [1.29, 1.82) is 0 Å². The lowest BCUT2D eigenvalue weighted by atomic mass is 9.77. The summed E-state index contributed by atoms with van der Waals surface area (Å²) < 4.78 is 47.1. The SMILES string of the molecule is CC1(C)c2ccccc2-c2ccc(-c3cccc(-c4ccc5c(c4)C(C)(C(F)(F)F)c4cc(C6=CC=CC(c7ccc8c(c7)C(C)(C)c7ccccc7-8)C6)ccc4-5)c3)cc21. The number of benzene rings is 7. The standard InChI is InChI=1S/C57H45F3/c1-54(2)48-18-8-6-16-42(48)44-24-20-38(30-50(44)54)34-12-10-14-36(28-34)40-22-26-46-47-27-23-41(33-53(47)56(5,52(46)32-40)57(58,59)60)37-15-11-13-35(29-37)39-21-25-45-43-17-7-9-19-49(43)55(3,4)51(45)31-39/h6-28,30-33,35H,29H2,1-5H3. The van der Waals surface area contributed by atoms with E-state index in [4.69, 9.17) is 0 Å². The Kier molecular flexibility index (Phi) is 7.78. The van der Waals surface area contributed by atoms with E-state index in [0.29, 0.717) is 28.7 Å². The Morgan fingerprint density at radius 2 is 0.883 bits per heavy atom. The molecule has 4 aliphatic rings. The van der Waals surface area contributed by atoms with Gasteiger partial charge in [0.05, 0.1) is 0 Å². The van der Waals surface area contributed by atoms with Crippen molar-refractivity contribution in [2.45, 2.75) is 69.4 Å². The fourth-order valence-corrected chi connectivity index (χ4v) is 11.1. The van der Waals surface area contributed by atoms with Gasteiger partial charge in [0, 0.05) is 16.7 Å². The van der Waals surface area contributed by atoms with E-state index in [-0.39, 0.29) is 16.7 Å². The van der Waals surface area contributed by atoms with E-state index in [1.807, 2.05) is 42.5 Å². The number of halogens is 3. The molecule has 0 aromatic heterocycles. The van der Waals surface area contributed by atoms with Gasteiger partial charge in [0.1, 0.15) is 5.41 Å². The van der Waals surface area contributed by atoms with E-state index < -0.39 is 11.6 Å². The minimum Gasteiger partial charge on any atom is -0.170 e. The summed E-state index contributed by atoms with van der Waals surface area (Å²) in [5, 5.41) is 0. The molecule has 4 aliphatic carbocycles. The van der Waals surface area contributed by atoms with Gasteiger partial charge in [0.25, 0.3) is 0 Å². The van der Waals surface area contributed by atoms with Gasteiger partial charge in [0.2, 0.25) is 0 Å². The smallest absolute Gasteiger partial charge is 0.170 e. The van der Waals surface area contributed by atoms with Crippen LogP contribution in [0.4, 0.5) is 13.2 Å². The minimum absolute atomic E-state index is 0.105. The Hall–Kier alpha value is -6.19. The number of rotatable bonds is 4. The summed E-state index contributed by atoms with van der Waals surface area (Å²) in [4.78, 5) is 0. The van der Waals surface area contributed by atoms with Crippen LogP contribution in [0.2, 0.25) is 0 Å². The van der Waals surface area contributed by atoms with Crippen LogP contribution < -0.4 is 0 Å². The maximum Gasteiger partial charge on any atom is 0.402 e. The molecule has 0 bridgehead atoms. The molecule has 0 nitrogen and oxygen atoms in total. The fraction of sp³-hybridized carbons (Fsp3) is 0.193. The number of hydrogen-bond acceptors (Lipinski definition) is 0. The number of allylic oxidation sites excluding steroid dienone is 4. The first-order chi connectivity index (χ1) is 28.7. The van der Waals surface area contributed by atoms with Crippen molar-refractivity contribution in [3.63, 3.8) is 0 Å². The average molecular weight is 787 g/mol. The first-order valence-corrected chi connectivity index (χ1v) is 21.1. The largest absolute Gasteiger partial charge is 0.402 e. The van der Waals surface area contributed by atoms with Crippen molar-refractivity contribution >= 4 is 5.57 Å². The van der Waals surface area contributed by atoms with Gasteiger partial charge in [-0.1, -0.05) is 167 Å². The van der Waals surface area contributed by atoms with Crippen LogP contribution in [-0.4, -0.2) is 6.18 Å². The number of hydrogen-bond donors (Lipinski definition) is 0. The second-order valence-corrected chi connectivity index (χ2v) is 18.5. The highest BCUT2D eigenvalue weighted by Crippen LogP contribution is 2.58. The molecule has 0 N–H and O–H groups in total. The number of fused-ring (bicyclic) bond motifs is 9. The topological polar surface area (TPSA) is 0 Å². The van der Waals surface area contributed by atoms with E-state index in [1.165, 1.54) is 57.0 Å². The quantitative estimate of drug-likeness (QED) is 0.167. The highest BCUT2D eigenvalue weighted by Gasteiger charge is 2.58. The summed E-state index contributed by atoms with van der Waals surface area (Å²) >= 11 is 0. The summed E-state index contributed by atoms with van der Waals surface area (Å²) in [7, 11) is 0. The summed E-state index contributed by atoms with van der Waals surface area (Å²) in [5.41, 5.74) is 16.8. The Morgan fingerprint density at radius 3 is 1.47 bits per heavy atom. The van der Waals surface area contributed by atoms with Crippen LogP contribution in [0.5, 0.6) is 0 Å². The molecule has 0 spiro atoms. The van der Waals surface area contributed by atoms with E-state index in [0.717, 1.165) is 33.4 Å². The van der Waals surface area contributed by atoms with Crippen molar-refractivity contribution < 1.29 is 13.2 Å². The highest BCUT2D eigenvalue weighted by molar-refractivity contribution is 5.88. The fourth-order valence-electron chi connectivity index (χ4n) is 11.1. The Balaban J connectivity index is 0.913. The van der Waals surface area contributed by atoms with Crippen LogP contribution >= 0.6 is 0 Å². The molecule has 11 rings (SSSR count). The molecule has 0 amide bonds. The molecule has 0 radical (unpaired) electrons. The summed E-state index contributed by atoms with van der Waals surface area (Å²) in [6, 6.07) is 50.4. The molecular weight excluding hydrogens is 742 g/mol. The third-order valence-corrected chi connectivity index (χ3v) is 14.6. The van der Waals surface area contributed by atoms with Gasteiger partial charge in [-0.15, -0.1) is 0 Å². The van der Waals surface area contributed by atoms with Crippen molar-refractivity contribution in [1.82, 2.24) is 0 Å². The van der Waals surface area contributed by atoms with E-state index >= 15 is 13.2 Å². The zero-order chi connectivity index (χ0) is 41.3. The Labute approximate surface area is 350 Å². The lowest BCUT2D eigenvalue weighted by Gasteiger charge is -2.31. The third kappa shape index (κ3) is 5.17. The lowest BCUT2D eigenvalue weighted by Crippen LogP contribution is -2.38. The molecule has 0 aliphatic heterocycles. The Morgan fingerprint density at radius 1 is 0.433 bits per heavy atom. The first-order valence-electron chi connectivity index (χ1n) is 21.1. The molecule has 0 fully saturated rings. The van der Waals surface area contributed by atoms with Gasteiger partial charge >= 0.3 is 6.18 Å². The van der Waals surface area contributed by atoms with Crippen molar-refractivity contribution in [3.05, 3.63) is 208 Å². The summed E-state index contributed by atoms with van der Waals surface area (Å²) in [6.45, 7) is 10.5. The van der Waals surface area contributed by atoms with Crippen molar-refractivity contribution in [2.75, 3.05) is 0 Å². The molecule has 7 aromatic rings. The zero-order valence-electron chi connectivity index (χ0n) is 34.5. The second-order valence-electron chi connectivity index (χ2n) is 18.5. The zero-order valence-corrected chi connectivity index (χ0v) is 34.5. The van der Waals surface area contributed by atoms with E-state index in [1.54, 1.807) is 6.07 Å². The van der Waals surface area contributed by atoms with Gasteiger partial charge in [-0.25, -0.2) is 0 Å². The molecule has 0 saturated carbocycles. The maximum atomic E-state index is 15.7. The Bertz CT molecular complexity index is 3020. The lowest BCUT2D eigenvalue weighted by molar-refractivity contribution is -0.172. The van der Waals surface area contributed by atoms with Crippen molar-refractivity contribution in [3.8, 4) is 55.6 Å². The molecule has 0 saturated heterocycles. The van der Waals surface area contributed by atoms with E-state index in [2.05, 4.69) is 143 Å². The van der Waals surface area contributed by atoms with Gasteiger partial charge in [0.15, 0.2) is 0 Å². The molecule has 294 valence electrons. The van der Waals surface area contributed by atoms with Gasteiger partial charge < -0.3 is 0 Å². The third-order valence-electron chi connectivity index (χ3n) is 14.6. The molecule has 2 unspecified atom stereocenters. The van der Waals surface area contributed by atoms with Gasteiger partial charge in [-0.05, 0) is 143 Å². The first kappa shape index (κ1) is 36.9. The summed E-state index contributed by atoms with van der Waals surface area (Å²) in [5.74, 6) is 0.118. The molecular formula is C57H45F3. The van der Waals surface area contributed by atoms with Crippen molar-refractivity contribution in [2.24, 2.45) is 0 Å². The van der Waals surface area contributed by atoms with Crippen LogP contribution in [0.3, 0.4) is 0 Å². The highest BCUT2D eigenvalue weighted by atomic mass is 19.4. The summed E-state index contributed by atoms with van der Waals surface area (Å²) in [6.07, 6.45) is 2.57. The molecule has 2 atom stereocenters. The van der Waals surface area contributed by atoms with Gasteiger partial charge in [-0.2, -0.15) is 13.2 Å². The monoisotopic (exact) mass is 786 g/mol. The minimum atomic E-state index is -4.51. The van der Waals surface area contributed by atoms with Crippen LogP contribution in [0.1, 0.15) is 91.5 Å². The van der Waals surface area contributed by atoms with Crippen LogP contribution in [0.25, 0.3) is 61.2 Å². The average Bonchev–Trinajstić information content (AvgIpc) is 3.76. The maximum absolute atomic E-state index is 15.7. The normalized spacial score (nSPS) is 19.8. The van der Waals surface area contributed by atoms with Gasteiger partial charge in [-0.3, -0.25) is 0 Å². The van der Waals surface area contributed by atoms with E-state index in [9.17, 15) is 0 Å². The molecule has 3 heteroatoms. The molecule has 60 heavy (non-hydrogen) atoms.